The summed E-state index contributed by atoms with van der Waals surface area (Å²) in [5.41, 5.74) is -1.52. The van der Waals surface area contributed by atoms with Gasteiger partial charge >= 0.3 is 0 Å². The van der Waals surface area contributed by atoms with Crippen molar-refractivity contribution in [1.82, 2.24) is 5.32 Å². The van der Waals surface area contributed by atoms with Crippen molar-refractivity contribution >= 4 is 6.29 Å². The number of hydrogen-bond acceptors (Lipinski definition) is 2. The molecule has 1 saturated carbocycles. The largest absolute Gasteiger partial charge is 0.317 e. The van der Waals surface area contributed by atoms with Gasteiger partial charge in [0.15, 0.2) is 12.0 Å². The van der Waals surface area contributed by atoms with Gasteiger partial charge in [0, 0.05) is 6.04 Å². The van der Waals surface area contributed by atoms with Crippen LogP contribution in [0, 0.1) is 0 Å². The molecule has 0 atom stereocenters. The minimum absolute atomic E-state index is 0.377. The first-order chi connectivity index (χ1) is 5.20. The summed E-state index contributed by atoms with van der Waals surface area (Å²) < 4.78 is 13.2. The first-order valence-electron chi connectivity index (χ1n) is 4.03. The highest BCUT2D eigenvalue weighted by atomic mass is 19.1. The van der Waals surface area contributed by atoms with E-state index in [-0.39, 0.29) is 0 Å². The number of halogens is 1. The van der Waals surface area contributed by atoms with Gasteiger partial charge in [-0.25, -0.2) is 4.39 Å². The number of carbonyl (C=O) groups excluding carboxylic acids is 1. The zero-order valence-electron chi connectivity index (χ0n) is 6.77. The molecule has 0 saturated heterocycles. The third-order valence-electron chi connectivity index (χ3n) is 2.44. The summed E-state index contributed by atoms with van der Waals surface area (Å²) in [5, 5.41) is 3.08. The van der Waals surface area contributed by atoms with Gasteiger partial charge in [0.05, 0.1) is 0 Å². The Morgan fingerprint density at radius 3 is 2.45 bits per heavy atom. The molecule has 64 valence electrons. The predicted octanol–water partition coefficient (Wildman–Crippen LogP) is 1.06. The highest BCUT2D eigenvalue weighted by Crippen LogP contribution is 2.29. The van der Waals surface area contributed by atoms with Crippen molar-refractivity contribution in [3.63, 3.8) is 0 Å². The minimum Gasteiger partial charge on any atom is -0.317 e. The van der Waals surface area contributed by atoms with Gasteiger partial charge < -0.3 is 5.32 Å². The molecule has 0 aromatic rings. The van der Waals surface area contributed by atoms with Gasteiger partial charge in [-0.15, -0.1) is 0 Å². The molecule has 0 aliphatic heterocycles. The lowest BCUT2D eigenvalue weighted by Crippen LogP contribution is -2.38. The number of rotatable bonds is 2. The van der Waals surface area contributed by atoms with Crippen molar-refractivity contribution in [1.29, 1.82) is 0 Å². The highest BCUT2D eigenvalue weighted by Gasteiger charge is 2.34. The van der Waals surface area contributed by atoms with Gasteiger partial charge in [0.2, 0.25) is 0 Å². The van der Waals surface area contributed by atoms with E-state index in [1.807, 2.05) is 7.05 Å². The zero-order chi connectivity index (χ0) is 8.32. The van der Waals surface area contributed by atoms with E-state index in [0.717, 1.165) is 12.8 Å². The van der Waals surface area contributed by atoms with Crippen molar-refractivity contribution in [2.75, 3.05) is 7.05 Å². The molecule has 0 radical (unpaired) electrons. The zero-order valence-corrected chi connectivity index (χ0v) is 6.77. The molecule has 0 bridgehead atoms. The van der Waals surface area contributed by atoms with E-state index in [4.69, 9.17) is 0 Å². The summed E-state index contributed by atoms with van der Waals surface area (Å²) in [6.45, 7) is 0. The Bertz CT molecular complexity index is 141. The molecule has 0 unspecified atom stereocenters. The van der Waals surface area contributed by atoms with Gasteiger partial charge in [-0.1, -0.05) is 0 Å². The molecule has 1 N–H and O–H groups in total. The SMILES string of the molecule is CNC1CCC(F)(C=O)CC1. The maximum atomic E-state index is 13.2. The van der Waals surface area contributed by atoms with Crippen LogP contribution in [-0.2, 0) is 4.79 Å². The smallest absolute Gasteiger partial charge is 0.165 e. The first-order valence-corrected chi connectivity index (χ1v) is 4.03. The lowest BCUT2D eigenvalue weighted by atomic mass is 9.85. The number of nitrogens with one attached hydrogen (secondary N) is 1. The van der Waals surface area contributed by atoms with E-state index in [0.29, 0.717) is 25.2 Å². The number of carbonyl (C=O) groups is 1. The van der Waals surface area contributed by atoms with Crippen LogP contribution in [-0.4, -0.2) is 25.0 Å². The molecule has 0 aromatic heterocycles. The third kappa shape index (κ3) is 1.99. The van der Waals surface area contributed by atoms with Gasteiger partial charge in [-0.2, -0.15) is 0 Å². The van der Waals surface area contributed by atoms with Crippen molar-refractivity contribution in [2.45, 2.75) is 37.4 Å². The second-order valence-corrected chi connectivity index (χ2v) is 3.22. The maximum absolute atomic E-state index is 13.2. The summed E-state index contributed by atoms with van der Waals surface area (Å²) >= 11 is 0. The van der Waals surface area contributed by atoms with Crippen molar-refractivity contribution in [2.24, 2.45) is 0 Å². The van der Waals surface area contributed by atoms with Crippen LogP contribution in [0.25, 0.3) is 0 Å². The lowest BCUT2D eigenvalue weighted by Gasteiger charge is -2.29. The monoisotopic (exact) mass is 159 g/mol. The molecule has 1 aliphatic carbocycles. The Hall–Kier alpha value is -0.440. The van der Waals surface area contributed by atoms with Crippen LogP contribution in [0.4, 0.5) is 4.39 Å². The molecule has 3 heteroatoms. The Balaban J connectivity index is 2.41. The minimum atomic E-state index is -1.52. The molecule has 0 spiro atoms. The van der Waals surface area contributed by atoms with Crippen LogP contribution in [0.3, 0.4) is 0 Å². The Labute approximate surface area is 66.2 Å². The molecule has 2 nitrogen and oxygen atoms in total. The fourth-order valence-corrected chi connectivity index (χ4v) is 1.50. The van der Waals surface area contributed by atoms with Crippen molar-refractivity contribution < 1.29 is 9.18 Å². The molecule has 0 aromatic carbocycles. The standard InChI is InChI=1S/C8H14FNO/c1-10-7-2-4-8(9,6-11)5-3-7/h6-7,10H,2-5H2,1H3. The van der Waals surface area contributed by atoms with Crippen LogP contribution in [0.15, 0.2) is 0 Å². The summed E-state index contributed by atoms with van der Waals surface area (Å²) in [7, 11) is 1.87. The molecule has 0 amide bonds. The fraction of sp³-hybridized carbons (Fsp3) is 0.875. The predicted molar refractivity (Wildman–Crippen MR) is 41.2 cm³/mol. The molecule has 1 rings (SSSR count). The highest BCUT2D eigenvalue weighted by molar-refractivity contribution is 5.62. The van der Waals surface area contributed by atoms with E-state index in [1.54, 1.807) is 0 Å². The quantitative estimate of drug-likeness (QED) is 0.610. The van der Waals surface area contributed by atoms with Crippen LogP contribution >= 0.6 is 0 Å². The molecular weight excluding hydrogens is 145 g/mol. The van der Waals surface area contributed by atoms with Gasteiger partial charge in [-0.05, 0) is 32.7 Å². The Kier molecular flexibility index (Phi) is 2.60. The average Bonchev–Trinajstić information content (AvgIpc) is 2.06. The van der Waals surface area contributed by atoms with Crippen LogP contribution in [0.5, 0.6) is 0 Å². The lowest BCUT2D eigenvalue weighted by molar-refractivity contribution is -0.119. The molecule has 1 aliphatic rings. The van der Waals surface area contributed by atoms with E-state index in [1.165, 1.54) is 0 Å². The molecular formula is C8H14FNO. The number of aldehydes is 1. The number of alkyl halides is 1. The van der Waals surface area contributed by atoms with Gasteiger partial charge in [0.1, 0.15) is 0 Å². The van der Waals surface area contributed by atoms with E-state index in [2.05, 4.69) is 5.32 Å². The molecule has 11 heavy (non-hydrogen) atoms. The van der Waals surface area contributed by atoms with Crippen molar-refractivity contribution in [3.8, 4) is 0 Å². The second-order valence-electron chi connectivity index (χ2n) is 3.22. The second kappa shape index (κ2) is 3.30. The maximum Gasteiger partial charge on any atom is 0.165 e. The van der Waals surface area contributed by atoms with Crippen molar-refractivity contribution in [3.05, 3.63) is 0 Å². The van der Waals surface area contributed by atoms with Crippen LogP contribution in [0.2, 0.25) is 0 Å². The van der Waals surface area contributed by atoms with E-state index in [9.17, 15) is 9.18 Å². The van der Waals surface area contributed by atoms with Crippen LogP contribution < -0.4 is 5.32 Å². The van der Waals surface area contributed by atoms with Gasteiger partial charge in [0.25, 0.3) is 0 Å². The molecule has 0 heterocycles. The topological polar surface area (TPSA) is 29.1 Å². The summed E-state index contributed by atoms with van der Waals surface area (Å²) in [5.74, 6) is 0. The Morgan fingerprint density at radius 2 is 2.09 bits per heavy atom. The fourth-order valence-electron chi connectivity index (χ4n) is 1.50. The summed E-state index contributed by atoms with van der Waals surface area (Å²) in [6, 6.07) is 0.402. The summed E-state index contributed by atoms with van der Waals surface area (Å²) in [6.07, 6.45) is 2.75. The first kappa shape index (κ1) is 8.65. The van der Waals surface area contributed by atoms with E-state index >= 15 is 0 Å². The third-order valence-corrected chi connectivity index (χ3v) is 2.44. The van der Waals surface area contributed by atoms with Gasteiger partial charge in [-0.3, -0.25) is 4.79 Å². The Morgan fingerprint density at radius 1 is 1.55 bits per heavy atom. The molecule has 1 fully saturated rings. The van der Waals surface area contributed by atoms with Crippen LogP contribution in [0.1, 0.15) is 25.7 Å². The normalized spacial score (nSPS) is 38.5. The number of hydrogen-bond donors (Lipinski definition) is 1. The van der Waals surface area contributed by atoms with E-state index < -0.39 is 5.67 Å². The average molecular weight is 159 g/mol. The summed E-state index contributed by atoms with van der Waals surface area (Å²) in [4.78, 5) is 10.3.